The molecule has 3 heterocycles. The van der Waals surface area contributed by atoms with Gasteiger partial charge in [0.25, 0.3) is 0 Å². The number of ether oxygens (including phenoxy) is 2. The minimum Gasteiger partial charge on any atom is -0.466 e. The Morgan fingerprint density at radius 3 is 2.70 bits per heavy atom. The van der Waals surface area contributed by atoms with Crippen molar-refractivity contribution in [2.75, 3.05) is 26.3 Å². The summed E-state index contributed by atoms with van der Waals surface area (Å²) in [5.74, 6) is 0.868. The van der Waals surface area contributed by atoms with Crippen molar-refractivity contribution in [3.05, 3.63) is 48.2 Å². The molecule has 5 nitrogen and oxygen atoms in total. The van der Waals surface area contributed by atoms with Gasteiger partial charge >= 0.3 is 5.97 Å². The van der Waals surface area contributed by atoms with Gasteiger partial charge in [0.1, 0.15) is 5.76 Å². The van der Waals surface area contributed by atoms with E-state index in [1.807, 2.05) is 25.1 Å². The van der Waals surface area contributed by atoms with Crippen LogP contribution in [0.4, 0.5) is 0 Å². The number of esters is 1. The molecule has 2 fully saturated rings. The number of nitrogens with zero attached hydrogens (tertiary/aromatic N) is 1. The lowest BCUT2D eigenvalue weighted by molar-refractivity contribution is -0.162. The van der Waals surface area contributed by atoms with Gasteiger partial charge in [-0.2, -0.15) is 0 Å². The summed E-state index contributed by atoms with van der Waals surface area (Å²) in [6.07, 6.45) is 7.74. The van der Waals surface area contributed by atoms with Gasteiger partial charge in [0.2, 0.25) is 0 Å². The van der Waals surface area contributed by atoms with Crippen molar-refractivity contribution in [1.29, 1.82) is 0 Å². The number of hydrogen-bond acceptors (Lipinski definition) is 5. The van der Waals surface area contributed by atoms with E-state index in [1.165, 1.54) is 12.0 Å². The van der Waals surface area contributed by atoms with E-state index >= 15 is 0 Å². The van der Waals surface area contributed by atoms with Gasteiger partial charge in [0.15, 0.2) is 0 Å². The van der Waals surface area contributed by atoms with E-state index in [2.05, 4.69) is 23.1 Å². The summed E-state index contributed by atoms with van der Waals surface area (Å²) in [6.45, 7) is 5.78. The molecule has 30 heavy (non-hydrogen) atoms. The predicted molar refractivity (Wildman–Crippen MR) is 116 cm³/mol. The van der Waals surface area contributed by atoms with E-state index in [0.29, 0.717) is 6.61 Å². The highest BCUT2D eigenvalue weighted by Crippen LogP contribution is 2.40. The van der Waals surface area contributed by atoms with Crippen molar-refractivity contribution in [3.8, 4) is 11.3 Å². The maximum atomic E-state index is 13.0. The van der Waals surface area contributed by atoms with Crippen LogP contribution in [-0.4, -0.2) is 43.3 Å². The van der Waals surface area contributed by atoms with Gasteiger partial charge in [-0.1, -0.05) is 24.3 Å². The van der Waals surface area contributed by atoms with Crippen LogP contribution in [0.2, 0.25) is 0 Å². The number of hydrogen-bond donors (Lipinski definition) is 0. The fourth-order valence-corrected chi connectivity index (χ4v) is 4.89. The van der Waals surface area contributed by atoms with Crippen LogP contribution in [0.3, 0.4) is 0 Å². The van der Waals surface area contributed by atoms with Crippen LogP contribution in [0.15, 0.2) is 47.1 Å². The highest BCUT2D eigenvalue weighted by molar-refractivity contribution is 5.77. The van der Waals surface area contributed by atoms with Gasteiger partial charge in [-0.15, -0.1) is 0 Å². The van der Waals surface area contributed by atoms with Crippen LogP contribution in [0.1, 0.15) is 51.0 Å². The van der Waals surface area contributed by atoms with Crippen molar-refractivity contribution in [3.63, 3.8) is 0 Å². The molecular formula is C25H33NO4. The number of piperidine rings is 1. The average molecular weight is 412 g/mol. The summed E-state index contributed by atoms with van der Waals surface area (Å²) in [7, 11) is 0. The van der Waals surface area contributed by atoms with Gasteiger partial charge in [-0.05, 0) is 76.2 Å². The molecule has 0 amide bonds. The fraction of sp³-hybridized carbons (Fsp3) is 0.560. The summed E-state index contributed by atoms with van der Waals surface area (Å²) in [6, 6.07) is 12.3. The molecule has 0 radical (unpaired) electrons. The van der Waals surface area contributed by atoms with Gasteiger partial charge in [-0.3, -0.25) is 9.69 Å². The quantitative estimate of drug-likeness (QED) is 0.597. The summed E-state index contributed by atoms with van der Waals surface area (Å²) < 4.78 is 17.1. The molecule has 4 rings (SSSR count). The van der Waals surface area contributed by atoms with Crippen LogP contribution < -0.4 is 0 Å². The molecule has 0 bridgehead atoms. The summed E-state index contributed by atoms with van der Waals surface area (Å²) >= 11 is 0. The van der Waals surface area contributed by atoms with E-state index in [0.717, 1.165) is 69.7 Å². The Morgan fingerprint density at radius 1 is 1.17 bits per heavy atom. The van der Waals surface area contributed by atoms with Gasteiger partial charge in [0.05, 0.1) is 24.4 Å². The van der Waals surface area contributed by atoms with Crippen molar-refractivity contribution in [2.45, 2.75) is 58.1 Å². The SMILES string of the molecule is CCOC(=O)C1(C[C@H]2CCCCO2)CCN(Cc2ccccc2-c2ccco2)CC1. The Balaban J connectivity index is 1.44. The Bertz CT molecular complexity index is 802. The van der Waals surface area contributed by atoms with Crippen molar-refractivity contribution in [2.24, 2.45) is 5.41 Å². The lowest BCUT2D eigenvalue weighted by Crippen LogP contribution is -2.47. The van der Waals surface area contributed by atoms with Crippen molar-refractivity contribution >= 4 is 5.97 Å². The molecule has 0 spiro atoms. The monoisotopic (exact) mass is 411 g/mol. The van der Waals surface area contributed by atoms with Crippen LogP contribution in [0.25, 0.3) is 11.3 Å². The molecule has 2 aliphatic rings. The van der Waals surface area contributed by atoms with E-state index in [9.17, 15) is 4.79 Å². The molecule has 1 aromatic heterocycles. The van der Waals surface area contributed by atoms with E-state index in [4.69, 9.17) is 13.9 Å². The normalized spacial score (nSPS) is 22.0. The first-order valence-electron chi connectivity index (χ1n) is 11.3. The molecule has 2 saturated heterocycles. The third kappa shape index (κ3) is 4.79. The molecule has 0 N–H and O–H groups in total. The molecule has 2 aromatic rings. The summed E-state index contributed by atoms with van der Waals surface area (Å²) in [4.78, 5) is 15.4. The van der Waals surface area contributed by atoms with Crippen LogP contribution in [0.5, 0.6) is 0 Å². The zero-order valence-corrected chi connectivity index (χ0v) is 18.0. The average Bonchev–Trinajstić information content (AvgIpc) is 3.31. The van der Waals surface area contributed by atoms with Crippen molar-refractivity contribution < 1.29 is 18.7 Å². The van der Waals surface area contributed by atoms with Crippen LogP contribution in [-0.2, 0) is 20.8 Å². The Kier molecular flexibility index (Phi) is 6.90. The first kappa shape index (κ1) is 21.1. The number of carbonyl (C=O) groups excluding carboxylic acids is 1. The van der Waals surface area contributed by atoms with E-state index in [-0.39, 0.29) is 12.1 Å². The third-order valence-corrected chi connectivity index (χ3v) is 6.61. The molecule has 162 valence electrons. The van der Waals surface area contributed by atoms with Crippen molar-refractivity contribution in [1.82, 2.24) is 4.90 Å². The molecule has 1 atom stereocenters. The van der Waals surface area contributed by atoms with E-state index < -0.39 is 5.41 Å². The second kappa shape index (κ2) is 9.80. The maximum Gasteiger partial charge on any atom is 0.312 e. The first-order chi connectivity index (χ1) is 14.7. The lowest BCUT2D eigenvalue weighted by Gasteiger charge is -2.42. The van der Waals surface area contributed by atoms with Gasteiger partial charge in [0, 0.05) is 18.7 Å². The topological polar surface area (TPSA) is 51.9 Å². The lowest BCUT2D eigenvalue weighted by atomic mass is 9.73. The summed E-state index contributed by atoms with van der Waals surface area (Å²) in [5.41, 5.74) is 1.99. The fourth-order valence-electron chi connectivity index (χ4n) is 4.89. The number of benzene rings is 1. The standard InChI is InChI=1S/C25H33NO4/c1-2-28-24(27)25(18-21-9-5-6-16-29-21)12-14-26(15-13-25)19-20-8-3-4-10-22(20)23-11-7-17-30-23/h3-4,7-8,10-11,17,21H,2,5-6,9,12-16,18-19H2,1H3/t21-/m1/s1. The Labute approximate surface area is 179 Å². The highest BCUT2D eigenvalue weighted by atomic mass is 16.5. The van der Waals surface area contributed by atoms with Gasteiger partial charge in [-0.25, -0.2) is 0 Å². The van der Waals surface area contributed by atoms with E-state index in [1.54, 1.807) is 6.26 Å². The number of furan rings is 1. The minimum absolute atomic E-state index is 0.0326. The molecule has 0 saturated carbocycles. The molecule has 0 unspecified atom stereocenters. The zero-order valence-electron chi connectivity index (χ0n) is 18.0. The van der Waals surface area contributed by atoms with Gasteiger partial charge < -0.3 is 13.9 Å². The number of rotatable bonds is 7. The number of carbonyl (C=O) groups is 1. The largest absolute Gasteiger partial charge is 0.466 e. The second-order valence-corrected chi connectivity index (χ2v) is 8.60. The summed E-state index contributed by atoms with van der Waals surface area (Å²) in [5, 5.41) is 0. The maximum absolute atomic E-state index is 13.0. The molecular weight excluding hydrogens is 378 g/mol. The van der Waals surface area contributed by atoms with Crippen LogP contribution in [0, 0.1) is 5.41 Å². The van der Waals surface area contributed by atoms with Crippen LogP contribution >= 0.6 is 0 Å². The first-order valence-corrected chi connectivity index (χ1v) is 11.3. The highest BCUT2D eigenvalue weighted by Gasteiger charge is 2.44. The predicted octanol–water partition coefficient (Wildman–Crippen LogP) is 5.05. The molecule has 2 aliphatic heterocycles. The smallest absolute Gasteiger partial charge is 0.312 e. The Hall–Kier alpha value is -2.11. The molecule has 5 heteroatoms. The molecule has 1 aromatic carbocycles. The number of likely N-dealkylation sites (tertiary alicyclic amines) is 1. The third-order valence-electron chi connectivity index (χ3n) is 6.61. The minimum atomic E-state index is -0.408. The molecule has 0 aliphatic carbocycles. The second-order valence-electron chi connectivity index (χ2n) is 8.60. The zero-order chi connectivity index (χ0) is 20.8. The Morgan fingerprint density at radius 2 is 2.00 bits per heavy atom.